The Kier molecular flexibility index (Phi) is 3.99. The van der Waals surface area contributed by atoms with Crippen LogP contribution in [0.2, 0.25) is 0 Å². The molecular formula is C19H12N4OS. The third-order valence-corrected chi connectivity index (χ3v) is 4.53. The van der Waals surface area contributed by atoms with E-state index < -0.39 is 0 Å². The summed E-state index contributed by atoms with van der Waals surface area (Å²) in [7, 11) is 0. The summed E-state index contributed by atoms with van der Waals surface area (Å²) < 4.78 is 6.86. The van der Waals surface area contributed by atoms with Crippen molar-refractivity contribution in [1.29, 1.82) is 5.26 Å². The van der Waals surface area contributed by atoms with Gasteiger partial charge in [0.05, 0.1) is 28.1 Å². The monoisotopic (exact) mass is 344 g/mol. The van der Waals surface area contributed by atoms with Crippen LogP contribution in [0.3, 0.4) is 0 Å². The molecule has 2 aromatic heterocycles. The second kappa shape index (κ2) is 6.59. The number of furan rings is 1. The zero-order valence-corrected chi connectivity index (χ0v) is 13.8. The summed E-state index contributed by atoms with van der Waals surface area (Å²) in [6, 6.07) is 21.1. The van der Waals surface area contributed by atoms with Crippen LogP contribution in [0.25, 0.3) is 21.5 Å². The Morgan fingerprint density at radius 3 is 2.80 bits per heavy atom. The van der Waals surface area contributed by atoms with Crippen molar-refractivity contribution in [2.24, 2.45) is 5.10 Å². The first kappa shape index (κ1) is 15.1. The SMILES string of the molecule is N#Cc1ccccc1-c1ccc(/C=N/Nc2nc3ccccc3s2)o1. The van der Waals surface area contributed by atoms with E-state index in [1.165, 1.54) is 11.3 Å². The molecule has 4 aromatic rings. The summed E-state index contributed by atoms with van der Waals surface area (Å²) in [4.78, 5) is 4.45. The van der Waals surface area contributed by atoms with Crippen molar-refractivity contribution in [1.82, 2.24) is 4.98 Å². The van der Waals surface area contributed by atoms with E-state index >= 15 is 0 Å². The Labute approximate surface area is 147 Å². The summed E-state index contributed by atoms with van der Waals surface area (Å²) in [5.41, 5.74) is 5.21. The first-order valence-electron chi connectivity index (χ1n) is 7.57. The van der Waals surface area contributed by atoms with Gasteiger partial charge in [-0.05, 0) is 36.4 Å². The van der Waals surface area contributed by atoms with E-state index in [2.05, 4.69) is 21.6 Å². The van der Waals surface area contributed by atoms with E-state index in [-0.39, 0.29) is 0 Å². The van der Waals surface area contributed by atoms with Crippen molar-refractivity contribution in [3.63, 3.8) is 0 Å². The van der Waals surface area contributed by atoms with Crippen LogP contribution in [-0.2, 0) is 0 Å². The van der Waals surface area contributed by atoms with Crippen molar-refractivity contribution in [3.05, 3.63) is 72.0 Å². The largest absolute Gasteiger partial charge is 0.455 e. The number of hydrogen-bond acceptors (Lipinski definition) is 6. The van der Waals surface area contributed by atoms with E-state index in [0.717, 1.165) is 20.9 Å². The van der Waals surface area contributed by atoms with E-state index in [1.807, 2.05) is 54.6 Å². The molecule has 0 fully saturated rings. The van der Waals surface area contributed by atoms with Gasteiger partial charge in [0.25, 0.3) is 0 Å². The molecule has 0 bridgehead atoms. The lowest BCUT2D eigenvalue weighted by molar-refractivity contribution is 0.575. The first-order chi connectivity index (χ1) is 12.3. The number of nitrogens with one attached hydrogen (secondary N) is 1. The van der Waals surface area contributed by atoms with Gasteiger partial charge < -0.3 is 4.42 Å². The minimum Gasteiger partial charge on any atom is -0.455 e. The van der Waals surface area contributed by atoms with Crippen LogP contribution in [-0.4, -0.2) is 11.2 Å². The van der Waals surface area contributed by atoms with Gasteiger partial charge in [0.2, 0.25) is 5.13 Å². The Hall–Kier alpha value is -3.43. The van der Waals surface area contributed by atoms with Crippen LogP contribution in [0.1, 0.15) is 11.3 Å². The second-order valence-electron chi connectivity index (χ2n) is 5.22. The minimum atomic E-state index is 0.577. The normalized spacial score (nSPS) is 11.0. The third kappa shape index (κ3) is 3.13. The molecule has 0 amide bonds. The molecule has 120 valence electrons. The van der Waals surface area contributed by atoms with Gasteiger partial charge in [-0.3, -0.25) is 5.43 Å². The fraction of sp³-hybridized carbons (Fsp3) is 0. The van der Waals surface area contributed by atoms with E-state index in [0.29, 0.717) is 17.1 Å². The van der Waals surface area contributed by atoms with Gasteiger partial charge in [-0.25, -0.2) is 4.98 Å². The van der Waals surface area contributed by atoms with Gasteiger partial charge in [0.15, 0.2) is 0 Å². The summed E-state index contributed by atoms with van der Waals surface area (Å²) in [6.07, 6.45) is 1.59. The Balaban J connectivity index is 1.51. The molecule has 0 aliphatic rings. The highest BCUT2D eigenvalue weighted by Gasteiger charge is 2.08. The highest BCUT2D eigenvalue weighted by molar-refractivity contribution is 7.22. The van der Waals surface area contributed by atoms with E-state index in [9.17, 15) is 5.26 Å². The van der Waals surface area contributed by atoms with Gasteiger partial charge in [-0.15, -0.1) is 0 Å². The summed E-state index contributed by atoms with van der Waals surface area (Å²) >= 11 is 1.54. The van der Waals surface area contributed by atoms with Crippen molar-refractivity contribution in [2.75, 3.05) is 5.43 Å². The zero-order chi connectivity index (χ0) is 17.1. The number of hydrogen-bond donors (Lipinski definition) is 1. The summed E-state index contributed by atoms with van der Waals surface area (Å²) in [5.74, 6) is 1.23. The van der Waals surface area contributed by atoms with E-state index in [4.69, 9.17) is 4.42 Å². The van der Waals surface area contributed by atoms with Gasteiger partial charge in [-0.2, -0.15) is 10.4 Å². The number of benzene rings is 2. The van der Waals surface area contributed by atoms with Gasteiger partial charge in [-0.1, -0.05) is 35.6 Å². The Morgan fingerprint density at radius 2 is 1.92 bits per heavy atom. The van der Waals surface area contributed by atoms with Crippen LogP contribution in [0.5, 0.6) is 0 Å². The number of anilines is 1. The standard InChI is InChI=1S/C19H12N4OS/c20-11-13-5-1-2-6-15(13)17-10-9-14(24-17)12-21-23-19-22-16-7-3-4-8-18(16)25-19/h1-10,12H,(H,22,23)/b21-12+. The van der Waals surface area contributed by atoms with Crippen LogP contribution in [0.15, 0.2) is 70.2 Å². The van der Waals surface area contributed by atoms with Crippen LogP contribution in [0.4, 0.5) is 5.13 Å². The molecular weight excluding hydrogens is 332 g/mol. The highest BCUT2D eigenvalue weighted by Crippen LogP contribution is 2.26. The molecule has 0 saturated heterocycles. The molecule has 25 heavy (non-hydrogen) atoms. The minimum absolute atomic E-state index is 0.577. The predicted octanol–water partition coefficient (Wildman–Crippen LogP) is 4.87. The Bertz CT molecular complexity index is 1070. The van der Waals surface area contributed by atoms with Crippen molar-refractivity contribution in [3.8, 4) is 17.4 Å². The number of fused-ring (bicyclic) bond motifs is 1. The lowest BCUT2D eigenvalue weighted by Gasteiger charge is -1.98. The molecule has 0 atom stereocenters. The highest BCUT2D eigenvalue weighted by atomic mass is 32.1. The molecule has 2 heterocycles. The van der Waals surface area contributed by atoms with Crippen molar-refractivity contribution in [2.45, 2.75) is 0 Å². The second-order valence-corrected chi connectivity index (χ2v) is 6.25. The molecule has 0 aliphatic heterocycles. The zero-order valence-electron chi connectivity index (χ0n) is 13.0. The van der Waals surface area contributed by atoms with E-state index in [1.54, 1.807) is 12.3 Å². The number of aromatic nitrogens is 1. The fourth-order valence-electron chi connectivity index (χ4n) is 2.43. The fourth-order valence-corrected chi connectivity index (χ4v) is 3.25. The van der Waals surface area contributed by atoms with Gasteiger partial charge in [0.1, 0.15) is 11.5 Å². The van der Waals surface area contributed by atoms with Crippen LogP contribution >= 0.6 is 11.3 Å². The van der Waals surface area contributed by atoms with Crippen molar-refractivity contribution >= 4 is 32.9 Å². The van der Waals surface area contributed by atoms with Crippen LogP contribution < -0.4 is 5.43 Å². The smallest absolute Gasteiger partial charge is 0.204 e. The number of hydrazone groups is 1. The summed E-state index contributed by atoms with van der Waals surface area (Å²) in [6.45, 7) is 0. The molecule has 6 heteroatoms. The lowest BCUT2D eigenvalue weighted by Crippen LogP contribution is -1.88. The quantitative estimate of drug-likeness (QED) is 0.423. The number of rotatable bonds is 4. The average Bonchev–Trinajstić information content (AvgIpc) is 3.28. The maximum Gasteiger partial charge on any atom is 0.204 e. The maximum absolute atomic E-state index is 9.18. The summed E-state index contributed by atoms with van der Waals surface area (Å²) in [5, 5.41) is 14.1. The predicted molar refractivity (Wildman–Crippen MR) is 99.7 cm³/mol. The lowest BCUT2D eigenvalue weighted by atomic mass is 10.1. The molecule has 0 radical (unpaired) electrons. The average molecular weight is 344 g/mol. The number of para-hydroxylation sites is 1. The number of nitrogens with zero attached hydrogens (tertiary/aromatic N) is 3. The number of thiazole rings is 1. The van der Waals surface area contributed by atoms with Crippen LogP contribution in [0, 0.1) is 11.3 Å². The van der Waals surface area contributed by atoms with Gasteiger partial charge in [0, 0.05) is 5.56 Å². The molecule has 0 saturated carbocycles. The third-order valence-electron chi connectivity index (χ3n) is 3.59. The molecule has 0 unspecified atom stereocenters. The first-order valence-corrected chi connectivity index (χ1v) is 8.39. The topological polar surface area (TPSA) is 74.2 Å². The van der Waals surface area contributed by atoms with Crippen molar-refractivity contribution < 1.29 is 4.42 Å². The Morgan fingerprint density at radius 1 is 1.08 bits per heavy atom. The molecule has 0 spiro atoms. The molecule has 4 rings (SSSR count). The number of nitriles is 1. The molecule has 0 aliphatic carbocycles. The molecule has 1 N–H and O–H groups in total. The van der Waals surface area contributed by atoms with Gasteiger partial charge >= 0.3 is 0 Å². The molecule has 2 aromatic carbocycles. The maximum atomic E-state index is 9.18. The molecule has 5 nitrogen and oxygen atoms in total.